The number of hydrogen-bond donors (Lipinski definition) is 0. The van der Waals surface area contributed by atoms with Crippen molar-refractivity contribution < 1.29 is 4.79 Å². The Labute approximate surface area is 101 Å². The van der Waals surface area contributed by atoms with Crippen LogP contribution in [-0.2, 0) is 0 Å². The van der Waals surface area contributed by atoms with Gasteiger partial charge in [-0.25, -0.2) is 19.8 Å². The second-order valence-electron chi connectivity index (χ2n) is 3.52. The maximum atomic E-state index is 12.1. The van der Waals surface area contributed by atoms with Gasteiger partial charge in [0.05, 0.1) is 0 Å². The summed E-state index contributed by atoms with van der Waals surface area (Å²) < 4.78 is 1.41. The quantitative estimate of drug-likeness (QED) is 0.771. The number of thiazole rings is 1. The van der Waals surface area contributed by atoms with E-state index in [1.54, 1.807) is 24.8 Å². The molecule has 1 aliphatic heterocycles. The molecule has 2 aromatic rings. The van der Waals surface area contributed by atoms with Crippen molar-refractivity contribution in [2.45, 2.75) is 12.5 Å². The molecule has 0 aromatic carbocycles. The third-order valence-corrected chi connectivity index (χ3v) is 3.36. The van der Waals surface area contributed by atoms with Crippen molar-refractivity contribution in [1.29, 1.82) is 0 Å². The van der Waals surface area contributed by atoms with Gasteiger partial charge in [0, 0.05) is 36.6 Å². The zero-order valence-corrected chi connectivity index (χ0v) is 9.62. The van der Waals surface area contributed by atoms with Crippen molar-refractivity contribution >= 4 is 23.6 Å². The van der Waals surface area contributed by atoms with Crippen molar-refractivity contribution in [2.75, 3.05) is 0 Å². The molecule has 0 aliphatic carbocycles. The van der Waals surface area contributed by atoms with Crippen molar-refractivity contribution in [3.05, 3.63) is 35.3 Å². The fraction of sp³-hybridized carbons (Fsp3) is 0.200. The number of hydrogen-bond acceptors (Lipinski definition) is 5. The highest BCUT2D eigenvalue weighted by Crippen LogP contribution is 2.29. The van der Waals surface area contributed by atoms with Crippen LogP contribution in [0.15, 0.2) is 35.4 Å². The Hall–Kier alpha value is -2.02. The number of nitrogens with zero attached hydrogens (tertiary/aromatic N) is 5. The van der Waals surface area contributed by atoms with Gasteiger partial charge in [0.25, 0.3) is 0 Å². The minimum atomic E-state index is -0.212. The smallest absolute Gasteiger partial charge is 0.257 e. The zero-order valence-electron chi connectivity index (χ0n) is 8.80. The molecule has 3 rings (SSSR count). The van der Waals surface area contributed by atoms with Gasteiger partial charge in [-0.15, -0.1) is 11.3 Å². The molecule has 86 valence electrons. The Morgan fingerprint density at radius 1 is 1.47 bits per heavy atom. The first-order valence-electron chi connectivity index (χ1n) is 5.09. The number of carbonyl (C=O) groups is 1. The third kappa shape index (κ3) is 1.74. The highest BCUT2D eigenvalue weighted by atomic mass is 32.1. The summed E-state index contributed by atoms with van der Waals surface area (Å²) in [5.74, 6) is 0. The Kier molecular flexibility index (Phi) is 2.45. The Morgan fingerprint density at radius 3 is 3.12 bits per heavy atom. The van der Waals surface area contributed by atoms with E-state index in [4.69, 9.17) is 0 Å². The topological polar surface area (TPSA) is 63.4 Å². The van der Waals surface area contributed by atoms with Crippen LogP contribution in [-0.4, -0.2) is 31.8 Å². The standard InChI is InChI=1S/C10H9N5OS/c16-10(14-5-3-11-7-14)15-8(1-2-13-15)9-12-4-6-17-9/h2-8H,1H2. The van der Waals surface area contributed by atoms with E-state index in [2.05, 4.69) is 15.1 Å². The largest absolute Gasteiger partial charge is 0.350 e. The van der Waals surface area contributed by atoms with E-state index in [1.165, 1.54) is 27.2 Å². The second kappa shape index (κ2) is 4.10. The lowest BCUT2D eigenvalue weighted by Crippen LogP contribution is -2.30. The Bertz CT molecular complexity index is 533. The highest BCUT2D eigenvalue weighted by molar-refractivity contribution is 7.09. The molecule has 0 saturated carbocycles. The van der Waals surface area contributed by atoms with Crippen LogP contribution in [0.4, 0.5) is 4.79 Å². The number of aromatic nitrogens is 3. The molecule has 3 heterocycles. The molecule has 7 heteroatoms. The van der Waals surface area contributed by atoms with Gasteiger partial charge in [-0.05, 0) is 0 Å². The van der Waals surface area contributed by atoms with Crippen LogP contribution in [0, 0.1) is 0 Å². The van der Waals surface area contributed by atoms with Crippen LogP contribution >= 0.6 is 11.3 Å². The molecule has 2 aromatic heterocycles. The van der Waals surface area contributed by atoms with Crippen molar-refractivity contribution in [3.63, 3.8) is 0 Å². The lowest BCUT2D eigenvalue weighted by Gasteiger charge is -2.19. The van der Waals surface area contributed by atoms with E-state index in [0.29, 0.717) is 6.42 Å². The fourth-order valence-corrected chi connectivity index (χ4v) is 2.43. The summed E-state index contributed by atoms with van der Waals surface area (Å²) in [6.45, 7) is 0. The average molecular weight is 247 g/mol. The van der Waals surface area contributed by atoms with Gasteiger partial charge in [0.15, 0.2) is 0 Å². The summed E-state index contributed by atoms with van der Waals surface area (Å²) in [7, 11) is 0. The molecule has 0 saturated heterocycles. The van der Waals surface area contributed by atoms with Gasteiger partial charge in [-0.3, -0.25) is 4.57 Å². The molecule has 0 fully saturated rings. The predicted molar refractivity (Wildman–Crippen MR) is 62.8 cm³/mol. The molecule has 0 radical (unpaired) electrons. The van der Waals surface area contributed by atoms with Crippen molar-refractivity contribution in [3.8, 4) is 0 Å². The second-order valence-corrected chi connectivity index (χ2v) is 4.44. The predicted octanol–water partition coefficient (Wildman–Crippen LogP) is 1.74. The summed E-state index contributed by atoms with van der Waals surface area (Å²) in [6, 6.07) is -0.304. The normalized spacial score (nSPS) is 18.8. The van der Waals surface area contributed by atoms with E-state index < -0.39 is 0 Å². The molecule has 6 nitrogen and oxygen atoms in total. The van der Waals surface area contributed by atoms with E-state index >= 15 is 0 Å². The lowest BCUT2D eigenvalue weighted by molar-refractivity contribution is 0.187. The molecule has 0 bridgehead atoms. The minimum Gasteiger partial charge on any atom is -0.257 e. The molecule has 0 N–H and O–H groups in total. The first-order chi connectivity index (χ1) is 8.36. The summed E-state index contributed by atoms with van der Waals surface area (Å²) in [5.41, 5.74) is 0. The molecule has 0 spiro atoms. The summed E-state index contributed by atoms with van der Waals surface area (Å²) in [4.78, 5) is 20.2. The summed E-state index contributed by atoms with van der Waals surface area (Å²) in [5, 5.41) is 8.35. The molecule has 1 amide bonds. The Balaban J connectivity index is 1.87. The van der Waals surface area contributed by atoms with Crippen LogP contribution < -0.4 is 0 Å². The molecule has 1 aliphatic rings. The SMILES string of the molecule is O=C(N1N=CCC1c1nccs1)n1ccnc1. The molecule has 17 heavy (non-hydrogen) atoms. The first-order valence-corrected chi connectivity index (χ1v) is 5.97. The van der Waals surface area contributed by atoms with Gasteiger partial charge in [0.1, 0.15) is 17.4 Å². The van der Waals surface area contributed by atoms with E-state index in [1.807, 2.05) is 5.38 Å². The highest BCUT2D eigenvalue weighted by Gasteiger charge is 2.30. The molecular formula is C10H9N5OS. The molecular weight excluding hydrogens is 238 g/mol. The maximum absolute atomic E-state index is 12.1. The van der Waals surface area contributed by atoms with Crippen molar-refractivity contribution in [1.82, 2.24) is 19.5 Å². The van der Waals surface area contributed by atoms with Crippen LogP contribution in [0.3, 0.4) is 0 Å². The maximum Gasteiger partial charge on any atom is 0.350 e. The first kappa shape index (κ1) is 10.2. The minimum absolute atomic E-state index is 0.0927. The van der Waals surface area contributed by atoms with Crippen molar-refractivity contribution in [2.24, 2.45) is 5.10 Å². The zero-order chi connectivity index (χ0) is 11.7. The van der Waals surface area contributed by atoms with Crippen LogP contribution in [0.25, 0.3) is 0 Å². The number of amides is 1. The Morgan fingerprint density at radius 2 is 2.41 bits per heavy atom. The van der Waals surface area contributed by atoms with Crippen LogP contribution in [0.5, 0.6) is 0 Å². The summed E-state index contributed by atoms with van der Waals surface area (Å²) in [6.07, 6.45) is 8.81. The van der Waals surface area contributed by atoms with Gasteiger partial charge in [0.2, 0.25) is 0 Å². The van der Waals surface area contributed by atoms with Gasteiger partial charge in [-0.2, -0.15) is 5.10 Å². The fourth-order valence-electron chi connectivity index (χ4n) is 1.69. The van der Waals surface area contributed by atoms with Crippen LogP contribution in [0.1, 0.15) is 17.5 Å². The average Bonchev–Trinajstić information content (AvgIpc) is 3.09. The van der Waals surface area contributed by atoms with E-state index in [9.17, 15) is 4.79 Å². The molecule has 1 atom stereocenters. The summed E-state index contributed by atoms with van der Waals surface area (Å²) >= 11 is 1.53. The monoisotopic (exact) mass is 247 g/mol. The number of carbonyl (C=O) groups excluding carboxylic acids is 1. The number of rotatable bonds is 1. The van der Waals surface area contributed by atoms with Crippen LogP contribution in [0.2, 0.25) is 0 Å². The van der Waals surface area contributed by atoms with E-state index in [0.717, 1.165) is 5.01 Å². The lowest BCUT2D eigenvalue weighted by atomic mass is 10.2. The van der Waals surface area contributed by atoms with Gasteiger partial charge in [-0.1, -0.05) is 0 Å². The molecule has 1 unspecified atom stereocenters. The van der Waals surface area contributed by atoms with Gasteiger partial charge >= 0.3 is 6.03 Å². The number of imidazole rings is 1. The van der Waals surface area contributed by atoms with E-state index in [-0.39, 0.29) is 12.1 Å². The third-order valence-electron chi connectivity index (χ3n) is 2.49. The number of hydrazone groups is 1. The van der Waals surface area contributed by atoms with Gasteiger partial charge < -0.3 is 0 Å².